The van der Waals surface area contributed by atoms with Crippen LogP contribution < -0.4 is 10.7 Å². The Morgan fingerprint density at radius 2 is 1.89 bits per heavy atom. The Kier molecular flexibility index (Phi) is 5.17. The number of thiophene rings is 1. The van der Waals surface area contributed by atoms with Gasteiger partial charge < -0.3 is 15.3 Å². The number of fused-ring (bicyclic) bond motifs is 1. The molecule has 2 heterocycles. The Hall–Kier alpha value is -2.68. The van der Waals surface area contributed by atoms with Crippen LogP contribution in [0.15, 0.2) is 36.4 Å². The summed E-state index contributed by atoms with van der Waals surface area (Å²) in [5, 5.41) is 14.0. The van der Waals surface area contributed by atoms with E-state index in [1.54, 1.807) is 6.07 Å². The number of anilines is 1. The molecule has 0 atom stereocenters. The number of carbonyl (C=O) groups excluding carboxylic acids is 1. The summed E-state index contributed by atoms with van der Waals surface area (Å²) in [6.45, 7) is 3.44. The van der Waals surface area contributed by atoms with E-state index in [-0.39, 0.29) is 6.03 Å². The zero-order valence-corrected chi connectivity index (χ0v) is 16.4. The molecule has 2 aromatic rings. The number of carboxylic acid groups (broad SMARTS) is 1. The van der Waals surface area contributed by atoms with Gasteiger partial charge in [-0.2, -0.15) is 0 Å². The van der Waals surface area contributed by atoms with E-state index in [0.717, 1.165) is 48.6 Å². The molecule has 4 rings (SSSR count). The van der Waals surface area contributed by atoms with Gasteiger partial charge in [0.05, 0.1) is 0 Å². The number of hydrogen-bond acceptors (Lipinski definition) is 5. The first-order chi connectivity index (χ1) is 13.5. The van der Waals surface area contributed by atoms with Crippen LogP contribution in [-0.4, -0.2) is 60.2 Å². The Morgan fingerprint density at radius 1 is 1.11 bits per heavy atom. The van der Waals surface area contributed by atoms with Crippen molar-refractivity contribution in [1.29, 1.82) is 0 Å². The number of likely N-dealkylation sites (N-methyl/N-ethyl adjacent to an activating group) is 1. The van der Waals surface area contributed by atoms with E-state index in [1.165, 1.54) is 16.9 Å². The third-order valence-corrected chi connectivity index (χ3v) is 6.14. The summed E-state index contributed by atoms with van der Waals surface area (Å²) in [5.41, 5.74) is 6.84. The number of aromatic carboxylic acids is 1. The summed E-state index contributed by atoms with van der Waals surface area (Å²) >= 11 is 1.27. The van der Waals surface area contributed by atoms with Crippen LogP contribution in [0.4, 0.5) is 10.5 Å². The SMILES string of the molecule is CN1CCN(NC(=O)Nc2ccc3c(c2)C(c2ccc(C(=O)O)s2)=CC3)CC1. The molecule has 1 saturated heterocycles. The maximum atomic E-state index is 12.3. The number of rotatable bonds is 4. The zero-order valence-electron chi connectivity index (χ0n) is 15.6. The molecular weight excluding hydrogens is 376 g/mol. The Balaban J connectivity index is 1.45. The monoisotopic (exact) mass is 398 g/mol. The van der Waals surface area contributed by atoms with E-state index < -0.39 is 5.97 Å². The first-order valence-electron chi connectivity index (χ1n) is 9.18. The minimum Gasteiger partial charge on any atom is -0.477 e. The van der Waals surface area contributed by atoms with Crippen molar-refractivity contribution < 1.29 is 14.7 Å². The summed E-state index contributed by atoms with van der Waals surface area (Å²) in [6.07, 6.45) is 2.91. The van der Waals surface area contributed by atoms with Gasteiger partial charge in [-0.3, -0.25) is 5.43 Å². The molecule has 7 nitrogen and oxygen atoms in total. The topological polar surface area (TPSA) is 84.9 Å². The van der Waals surface area contributed by atoms with Crippen LogP contribution in [0.1, 0.15) is 25.7 Å². The molecule has 1 aliphatic carbocycles. The van der Waals surface area contributed by atoms with Crippen LogP contribution in [-0.2, 0) is 6.42 Å². The number of amides is 2. The maximum absolute atomic E-state index is 12.3. The molecule has 1 fully saturated rings. The number of nitrogens with one attached hydrogen (secondary N) is 2. The lowest BCUT2D eigenvalue weighted by atomic mass is 10.0. The third kappa shape index (κ3) is 3.94. The van der Waals surface area contributed by atoms with E-state index in [0.29, 0.717) is 10.6 Å². The molecule has 0 spiro atoms. The van der Waals surface area contributed by atoms with Crippen molar-refractivity contribution in [1.82, 2.24) is 15.3 Å². The number of urea groups is 1. The van der Waals surface area contributed by atoms with Crippen LogP contribution >= 0.6 is 11.3 Å². The predicted octanol–water partition coefficient (Wildman–Crippen LogP) is 2.72. The molecule has 1 aromatic carbocycles. The fourth-order valence-corrected chi connectivity index (χ4v) is 4.36. The summed E-state index contributed by atoms with van der Waals surface area (Å²) in [4.78, 5) is 27.0. The molecule has 0 unspecified atom stereocenters. The van der Waals surface area contributed by atoms with Crippen LogP contribution in [0.3, 0.4) is 0 Å². The van der Waals surface area contributed by atoms with Gasteiger partial charge in [-0.05, 0) is 54.4 Å². The fraction of sp³-hybridized carbons (Fsp3) is 0.300. The summed E-state index contributed by atoms with van der Waals surface area (Å²) in [5.74, 6) is -0.911. The highest BCUT2D eigenvalue weighted by Crippen LogP contribution is 2.37. The zero-order chi connectivity index (χ0) is 19.7. The van der Waals surface area contributed by atoms with Crippen molar-refractivity contribution >= 4 is 34.6 Å². The molecule has 2 amide bonds. The van der Waals surface area contributed by atoms with Gasteiger partial charge >= 0.3 is 12.0 Å². The Bertz CT molecular complexity index is 945. The minimum atomic E-state index is -0.911. The highest BCUT2D eigenvalue weighted by atomic mass is 32.1. The maximum Gasteiger partial charge on any atom is 0.345 e. The molecule has 0 saturated carbocycles. The lowest BCUT2D eigenvalue weighted by molar-refractivity contribution is 0.0702. The number of hydrogen-bond donors (Lipinski definition) is 3. The second-order valence-electron chi connectivity index (χ2n) is 7.02. The van der Waals surface area contributed by atoms with Crippen molar-refractivity contribution in [2.24, 2.45) is 0 Å². The quantitative estimate of drug-likeness (QED) is 0.737. The molecule has 1 aliphatic heterocycles. The number of allylic oxidation sites excluding steroid dienone is 1. The van der Waals surface area contributed by atoms with Crippen molar-refractivity contribution in [2.45, 2.75) is 6.42 Å². The normalized spacial score (nSPS) is 17.1. The van der Waals surface area contributed by atoms with Crippen LogP contribution in [0.5, 0.6) is 0 Å². The predicted molar refractivity (Wildman–Crippen MR) is 110 cm³/mol. The summed E-state index contributed by atoms with van der Waals surface area (Å²) < 4.78 is 0. The average molecular weight is 398 g/mol. The van der Waals surface area contributed by atoms with Gasteiger partial charge in [0.25, 0.3) is 0 Å². The molecule has 3 N–H and O–H groups in total. The van der Waals surface area contributed by atoms with Crippen LogP contribution in [0.25, 0.3) is 5.57 Å². The van der Waals surface area contributed by atoms with Gasteiger partial charge in [-0.15, -0.1) is 11.3 Å². The Labute approximate surface area is 167 Å². The molecule has 146 valence electrons. The van der Waals surface area contributed by atoms with Crippen molar-refractivity contribution in [2.75, 3.05) is 38.5 Å². The van der Waals surface area contributed by atoms with E-state index >= 15 is 0 Å². The molecule has 1 aromatic heterocycles. The highest BCUT2D eigenvalue weighted by molar-refractivity contribution is 7.15. The van der Waals surface area contributed by atoms with Crippen molar-refractivity contribution in [3.63, 3.8) is 0 Å². The van der Waals surface area contributed by atoms with Gasteiger partial charge in [-0.1, -0.05) is 12.1 Å². The standard InChI is InChI=1S/C20H22N4O3S/c1-23-8-10-24(11-9-23)22-20(27)21-14-4-2-13-3-5-15(16(13)12-14)17-6-7-18(28-17)19(25)26/h2,4-7,12H,3,8-11H2,1H3,(H,25,26)(H2,21,22,27). The third-order valence-electron chi connectivity index (χ3n) is 5.03. The summed E-state index contributed by atoms with van der Waals surface area (Å²) in [7, 11) is 2.07. The Morgan fingerprint density at radius 3 is 2.61 bits per heavy atom. The molecule has 28 heavy (non-hydrogen) atoms. The number of nitrogens with zero attached hydrogens (tertiary/aromatic N) is 2. The molecule has 8 heteroatoms. The molecular formula is C20H22N4O3S. The second-order valence-corrected chi connectivity index (χ2v) is 8.10. The average Bonchev–Trinajstić information content (AvgIpc) is 3.30. The smallest absolute Gasteiger partial charge is 0.345 e. The first-order valence-corrected chi connectivity index (χ1v) is 9.99. The number of benzene rings is 1. The van der Waals surface area contributed by atoms with Crippen LogP contribution in [0.2, 0.25) is 0 Å². The molecule has 0 bridgehead atoms. The lowest BCUT2D eigenvalue weighted by Crippen LogP contribution is -2.53. The van der Waals surface area contributed by atoms with Crippen LogP contribution in [0, 0.1) is 0 Å². The number of carbonyl (C=O) groups is 2. The van der Waals surface area contributed by atoms with Gasteiger partial charge in [-0.25, -0.2) is 14.6 Å². The van der Waals surface area contributed by atoms with Gasteiger partial charge in [0.15, 0.2) is 0 Å². The van der Waals surface area contributed by atoms with E-state index in [4.69, 9.17) is 5.11 Å². The molecule has 2 aliphatic rings. The second kappa shape index (κ2) is 7.75. The number of piperazine rings is 1. The van der Waals surface area contributed by atoms with E-state index in [9.17, 15) is 9.59 Å². The van der Waals surface area contributed by atoms with Crippen molar-refractivity contribution in [3.8, 4) is 0 Å². The van der Waals surface area contributed by atoms with Gasteiger partial charge in [0.1, 0.15) is 4.88 Å². The van der Waals surface area contributed by atoms with E-state index in [2.05, 4.69) is 28.8 Å². The van der Waals surface area contributed by atoms with Crippen molar-refractivity contribution in [3.05, 3.63) is 57.3 Å². The number of hydrazine groups is 1. The first kappa shape index (κ1) is 18.7. The molecule has 0 radical (unpaired) electrons. The highest BCUT2D eigenvalue weighted by Gasteiger charge is 2.20. The van der Waals surface area contributed by atoms with E-state index in [1.807, 2.05) is 29.3 Å². The summed E-state index contributed by atoms with van der Waals surface area (Å²) in [6, 6.07) is 9.09. The largest absolute Gasteiger partial charge is 0.477 e. The van der Waals surface area contributed by atoms with Gasteiger partial charge in [0, 0.05) is 36.7 Å². The number of carboxylic acids is 1. The van der Waals surface area contributed by atoms with Gasteiger partial charge in [0.2, 0.25) is 0 Å². The lowest BCUT2D eigenvalue weighted by Gasteiger charge is -2.32. The minimum absolute atomic E-state index is 0.252. The fourth-order valence-electron chi connectivity index (χ4n) is 3.46.